The van der Waals surface area contributed by atoms with Crippen molar-refractivity contribution in [2.24, 2.45) is 0 Å². The summed E-state index contributed by atoms with van der Waals surface area (Å²) in [4.78, 5) is 12.9. The van der Waals surface area contributed by atoms with Crippen LogP contribution in [0.4, 0.5) is 0 Å². The summed E-state index contributed by atoms with van der Waals surface area (Å²) in [5.74, 6) is 0.165. The summed E-state index contributed by atoms with van der Waals surface area (Å²) in [7, 11) is 0.829. The summed E-state index contributed by atoms with van der Waals surface area (Å²) < 4.78 is 33.6. The van der Waals surface area contributed by atoms with Crippen molar-refractivity contribution < 1.29 is 17.9 Å². The van der Waals surface area contributed by atoms with E-state index in [1.807, 2.05) is 54.8 Å². The standard InChI is InChI=1S/C26H28N4O4S/c1-18-14-21(19(2)30(18)23-10-12-24(34-5)13-11-23)15-22(16-27)26(31)28-17-20-8-6-7-9-25(20)35(32,33)29(3)4/h6-15H,17H2,1-5H3,(H,28,31)/b22-15+. The first-order valence-corrected chi connectivity index (χ1v) is 12.3. The molecule has 3 aromatic rings. The number of methoxy groups -OCH3 is 1. The topological polar surface area (TPSA) is 104 Å². The van der Waals surface area contributed by atoms with E-state index in [-0.39, 0.29) is 17.0 Å². The van der Waals surface area contributed by atoms with Crippen LogP contribution in [0.3, 0.4) is 0 Å². The van der Waals surface area contributed by atoms with Crippen LogP contribution in [0.25, 0.3) is 11.8 Å². The van der Waals surface area contributed by atoms with Gasteiger partial charge in [-0.3, -0.25) is 4.79 Å². The number of nitrogens with zero attached hydrogens (tertiary/aromatic N) is 3. The minimum Gasteiger partial charge on any atom is -0.497 e. The number of aryl methyl sites for hydroxylation is 1. The van der Waals surface area contributed by atoms with Crippen molar-refractivity contribution in [1.29, 1.82) is 5.26 Å². The van der Waals surface area contributed by atoms with Crippen molar-refractivity contribution in [3.8, 4) is 17.5 Å². The average molecular weight is 493 g/mol. The molecular formula is C26H28N4O4S. The molecule has 0 spiro atoms. The molecule has 0 radical (unpaired) electrons. The fraction of sp³-hybridized carbons (Fsp3) is 0.231. The van der Waals surface area contributed by atoms with Crippen LogP contribution >= 0.6 is 0 Å². The van der Waals surface area contributed by atoms with Gasteiger partial charge < -0.3 is 14.6 Å². The molecule has 182 valence electrons. The van der Waals surface area contributed by atoms with Crippen LogP contribution in [0.5, 0.6) is 5.75 Å². The molecule has 0 bridgehead atoms. The number of rotatable bonds is 8. The Hall–Kier alpha value is -3.87. The quantitative estimate of drug-likeness (QED) is 0.382. The van der Waals surface area contributed by atoms with Gasteiger partial charge in [0, 0.05) is 37.7 Å². The van der Waals surface area contributed by atoms with Crippen LogP contribution in [0.1, 0.15) is 22.5 Å². The van der Waals surface area contributed by atoms with Crippen molar-refractivity contribution in [3.63, 3.8) is 0 Å². The first-order valence-electron chi connectivity index (χ1n) is 10.8. The SMILES string of the molecule is COc1ccc(-n2c(C)cc(/C=C(\C#N)C(=O)NCc3ccccc3S(=O)(=O)N(C)C)c2C)cc1. The molecule has 9 heteroatoms. The number of carbonyl (C=O) groups excluding carboxylic acids is 1. The van der Waals surface area contributed by atoms with Gasteiger partial charge in [-0.1, -0.05) is 18.2 Å². The summed E-state index contributed by atoms with van der Waals surface area (Å²) in [6.07, 6.45) is 1.54. The van der Waals surface area contributed by atoms with Gasteiger partial charge >= 0.3 is 0 Å². The van der Waals surface area contributed by atoms with Crippen molar-refractivity contribution >= 4 is 22.0 Å². The Morgan fingerprint density at radius 3 is 2.40 bits per heavy atom. The lowest BCUT2D eigenvalue weighted by atomic mass is 10.1. The second-order valence-corrected chi connectivity index (χ2v) is 10.2. The first kappa shape index (κ1) is 25.7. The third-order valence-corrected chi connectivity index (χ3v) is 7.55. The highest BCUT2D eigenvalue weighted by molar-refractivity contribution is 7.89. The Morgan fingerprint density at radius 2 is 1.80 bits per heavy atom. The van der Waals surface area contributed by atoms with Gasteiger partial charge in [0.2, 0.25) is 10.0 Å². The van der Waals surface area contributed by atoms with Crippen molar-refractivity contribution in [1.82, 2.24) is 14.2 Å². The number of nitriles is 1. The van der Waals surface area contributed by atoms with E-state index in [2.05, 4.69) is 5.32 Å². The van der Waals surface area contributed by atoms with Gasteiger partial charge in [-0.15, -0.1) is 0 Å². The van der Waals surface area contributed by atoms with Gasteiger partial charge in [0.1, 0.15) is 17.4 Å². The van der Waals surface area contributed by atoms with Gasteiger partial charge in [-0.05, 0) is 67.4 Å². The highest BCUT2D eigenvalue weighted by atomic mass is 32.2. The van der Waals surface area contributed by atoms with Crippen molar-refractivity contribution in [3.05, 3.63) is 82.7 Å². The molecule has 0 aliphatic carbocycles. The normalized spacial score (nSPS) is 11.9. The number of carbonyl (C=O) groups is 1. The average Bonchev–Trinajstić information content (AvgIpc) is 3.13. The summed E-state index contributed by atoms with van der Waals surface area (Å²) in [5.41, 5.74) is 3.84. The molecule has 0 aliphatic heterocycles. The monoisotopic (exact) mass is 492 g/mol. The number of amides is 1. The number of ether oxygens (including phenoxy) is 1. The lowest BCUT2D eigenvalue weighted by Crippen LogP contribution is -2.27. The third kappa shape index (κ3) is 5.45. The second kappa shape index (κ2) is 10.6. The Balaban J connectivity index is 1.85. The molecule has 1 heterocycles. The first-order chi connectivity index (χ1) is 16.6. The van der Waals surface area contributed by atoms with E-state index in [4.69, 9.17) is 4.74 Å². The summed E-state index contributed by atoms with van der Waals surface area (Å²) in [6.45, 7) is 3.83. The van der Waals surface area contributed by atoms with Gasteiger partial charge in [0.25, 0.3) is 5.91 Å². The maximum Gasteiger partial charge on any atom is 0.262 e. The van der Waals surface area contributed by atoms with E-state index in [1.165, 1.54) is 20.2 Å². The molecule has 0 saturated heterocycles. The molecule has 35 heavy (non-hydrogen) atoms. The zero-order valence-corrected chi connectivity index (χ0v) is 21.2. The lowest BCUT2D eigenvalue weighted by Gasteiger charge is -2.15. The van der Waals surface area contributed by atoms with Gasteiger partial charge in [-0.25, -0.2) is 12.7 Å². The predicted octanol–water partition coefficient (Wildman–Crippen LogP) is 3.58. The molecule has 0 unspecified atom stereocenters. The van der Waals surface area contributed by atoms with Crippen LogP contribution in [0.2, 0.25) is 0 Å². The van der Waals surface area contributed by atoms with Crippen LogP contribution in [0, 0.1) is 25.2 Å². The highest BCUT2D eigenvalue weighted by Gasteiger charge is 2.21. The lowest BCUT2D eigenvalue weighted by molar-refractivity contribution is -0.117. The number of benzene rings is 2. The molecule has 1 aromatic heterocycles. The van der Waals surface area contributed by atoms with E-state index < -0.39 is 15.9 Å². The summed E-state index contributed by atoms with van der Waals surface area (Å²) in [6, 6.07) is 17.9. The molecular weight excluding hydrogens is 464 g/mol. The van der Waals surface area contributed by atoms with Crippen LogP contribution in [-0.4, -0.2) is 44.4 Å². The predicted molar refractivity (Wildman–Crippen MR) is 135 cm³/mol. The fourth-order valence-corrected chi connectivity index (χ4v) is 4.85. The van der Waals surface area contributed by atoms with Crippen LogP contribution in [-0.2, 0) is 21.4 Å². The zero-order valence-electron chi connectivity index (χ0n) is 20.4. The molecule has 0 atom stereocenters. The maximum absolute atomic E-state index is 12.8. The highest BCUT2D eigenvalue weighted by Crippen LogP contribution is 2.24. The smallest absolute Gasteiger partial charge is 0.262 e. The Kier molecular flexibility index (Phi) is 7.79. The van der Waals surface area contributed by atoms with Crippen molar-refractivity contribution in [2.45, 2.75) is 25.3 Å². The number of aromatic nitrogens is 1. The molecule has 0 fully saturated rings. The number of hydrogen-bond donors (Lipinski definition) is 1. The van der Waals surface area contributed by atoms with E-state index >= 15 is 0 Å². The Bertz CT molecular complexity index is 1410. The molecule has 0 saturated carbocycles. The summed E-state index contributed by atoms with van der Waals surface area (Å²) >= 11 is 0. The molecule has 0 aliphatic rings. The Morgan fingerprint density at radius 1 is 1.14 bits per heavy atom. The second-order valence-electron chi connectivity index (χ2n) is 8.11. The van der Waals surface area contributed by atoms with Crippen LogP contribution in [0.15, 0.2) is 65.1 Å². The molecule has 8 nitrogen and oxygen atoms in total. The van der Waals surface area contributed by atoms with Gasteiger partial charge in [-0.2, -0.15) is 5.26 Å². The van der Waals surface area contributed by atoms with E-state index in [0.717, 1.165) is 32.7 Å². The van der Waals surface area contributed by atoms with Crippen molar-refractivity contribution in [2.75, 3.05) is 21.2 Å². The number of sulfonamides is 1. The fourth-order valence-electron chi connectivity index (χ4n) is 3.74. The Labute approximate surface area is 206 Å². The third-order valence-electron chi connectivity index (χ3n) is 5.64. The van der Waals surface area contributed by atoms with E-state index in [9.17, 15) is 18.5 Å². The van der Waals surface area contributed by atoms with E-state index in [0.29, 0.717) is 5.56 Å². The minimum atomic E-state index is -3.68. The maximum atomic E-state index is 12.8. The summed E-state index contributed by atoms with van der Waals surface area (Å²) in [5, 5.41) is 12.3. The van der Waals surface area contributed by atoms with Gasteiger partial charge in [0.05, 0.1) is 12.0 Å². The van der Waals surface area contributed by atoms with Gasteiger partial charge in [0.15, 0.2) is 0 Å². The minimum absolute atomic E-state index is 0.0357. The molecule has 3 rings (SSSR count). The largest absolute Gasteiger partial charge is 0.497 e. The molecule has 2 aromatic carbocycles. The number of nitrogens with one attached hydrogen (secondary N) is 1. The van der Waals surface area contributed by atoms with E-state index in [1.54, 1.807) is 31.4 Å². The number of hydrogen-bond acceptors (Lipinski definition) is 5. The van der Waals surface area contributed by atoms with Crippen LogP contribution < -0.4 is 10.1 Å². The molecule has 1 N–H and O–H groups in total. The molecule has 1 amide bonds. The zero-order chi connectivity index (χ0) is 25.8.